The lowest BCUT2D eigenvalue weighted by Crippen LogP contribution is -2.44. The summed E-state index contributed by atoms with van der Waals surface area (Å²) >= 11 is 0. The lowest BCUT2D eigenvalue weighted by Gasteiger charge is -2.34. The number of Topliss-reactive ketones (excluding diaryl/α,β-unsaturated/α-hetero) is 2. The van der Waals surface area contributed by atoms with Gasteiger partial charge in [-0.2, -0.15) is 4.31 Å². The van der Waals surface area contributed by atoms with Crippen LogP contribution in [-0.2, 0) is 68.6 Å². The molecule has 26 heteroatoms. The molecule has 3 aliphatic heterocycles. The lowest BCUT2D eigenvalue weighted by atomic mass is 10.1. The molecule has 0 atom stereocenters. The van der Waals surface area contributed by atoms with Crippen LogP contribution in [0.3, 0.4) is 0 Å². The number of likely N-dealkylation sites (N-methyl/N-ethyl adjacent to an activating group) is 4. The van der Waals surface area contributed by atoms with Gasteiger partial charge in [-0.3, -0.25) is 14.4 Å². The van der Waals surface area contributed by atoms with Crippen LogP contribution in [0.5, 0.6) is 17.2 Å². The number of anilines is 3. The highest BCUT2D eigenvalue weighted by molar-refractivity contribution is 7.89. The quantitative estimate of drug-likeness (QED) is 0.0339. The smallest absolute Gasteiger partial charge is 0.293 e. The van der Waals surface area contributed by atoms with Gasteiger partial charge < -0.3 is 54.1 Å². The summed E-state index contributed by atoms with van der Waals surface area (Å²) in [5.74, 6) is 2.00. The zero-order chi connectivity index (χ0) is 75.8. The molecule has 0 spiro atoms. The second-order valence-corrected chi connectivity index (χ2v) is 32.8. The summed E-state index contributed by atoms with van der Waals surface area (Å²) in [6.07, 6.45) is 2.53. The van der Waals surface area contributed by atoms with E-state index in [0.29, 0.717) is 89.3 Å². The number of ether oxygens (including phenoxy) is 4. The van der Waals surface area contributed by atoms with Crippen molar-refractivity contribution < 1.29 is 58.6 Å². The van der Waals surface area contributed by atoms with Crippen LogP contribution in [0.25, 0.3) is 0 Å². The predicted molar refractivity (Wildman–Crippen MR) is 418 cm³/mol. The molecule has 23 nitrogen and oxygen atoms in total. The second kappa shape index (κ2) is 41.4. The minimum absolute atomic E-state index is 0. The summed E-state index contributed by atoms with van der Waals surface area (Å²) in [5.41, 5.74) is 16.6. The Morgan fingerprint density at radius 1 is 0.413 bits per heavy atom. The van der Waals surface area contributed by atoms with Gasteiger partial charge in [-0.25, -0.2) is 33.9 Å². The van der Waals surface area contributed by atoms with Gasteiger partial charge in [-0.1, -0.05) is 43.8 Å². The predicted octanol–water partition coefficient (Wildman–Crippen LogP) is 9.19. The normalized spacial score (nSPS) is 14.7. The molecule has 3 saturated heterocycles. The Hall–Kier alpha value is -7.50. The van der Waals surface area contributed by atoms with Gasteiger partial charge in [0.1, 0.15) is 35.4 Å². The Morgan fingerprint density at radius 2 is 0.663 bits per heavy atom. The van der Waals surface area contributed by atoms with Crippen molar-refractivity contribution in [1.82, 2.24) is 27.6 Å². The molecule has 9 rings (SSSR count). The van der Waals surface area contributed by atoms with Crippen LogP contribution in [0, 0.1) is 41.5 Å². The Balaban J connectivity index is 0.000000260. The first kappa shape index (κ1) is 87.1. The molecule has 6 aromatic rings. The van der Waals surface area contributed by atoms with Gasteiger partial charge in [-0.05, 0) is 198 Å². The van der Waals surface area contributed by atoms with Gasteiger partial charge >= 0.3 is 0 Å². The van der Waals surface area contributed by atoms with Gasteiger partial charge in [0.15, 0.2) is 0 Å². The van der Waals surface area contributed by atoms with E-state index in [1.165, 1.54) is 59.5 Å². The summed E-state index contributed by atoms with van der Waals surface area (Å²) in [4.78, 5) is 50.1. The Bertz CT molecular complexity index is 3820. The molecule has 3 heterocycles. The van der Waals surface area contributed by atoms with E-state index in [9.17, 15) is 39.6 Å². The van der Waals surface area contributed by atoms with Gasteiger partial charge in [0.25, 0.3) is 6.47 Å². The van der Waals surface area contributed by atoms with E-state index in [1.54, 1.807) is 92.2 Å². The first-order chi connectivity index (χ1) is 48.9. The summed E-state index contributed by atoms with van der Waals surface area (Å²) in [6, 6.07) is 35.7. The van der Waals surface area contributed by atoms with E-state index in [2.05, 4.69) is 128 Å². The number of carbonyl (C=O) groups excluding carboxylic acids is 3. The minimum atomic E-state index is -3.69. The number of methoxy groups -OCH3 is 3. The number of hydrogen-bond acceptors (Lipinski definition) is 20. The molecule has 0 amide bonds. The molecule has 0 bridgehead atoms. The number of nitrogens with zero attached hydrogens (tertiary/aromatic N) is 9. The van der Waals surface area contributed by atoms with Crippen LogP contribution in [0.4, 0.5) is 17.1 Å². The van der Waals surface area contributed by atoms with E-state index >= 15 is 0 Å². The van der Waals surface area contributed by atoms with Gasteiger partial charge in [-0.15, -0.1) is 0 Å². The first-order valence-corrected chi connectivity index (χ1v) is 39.4. The number of sulfonamides is 3. The van der Waals surface area contributed by atoms with Crippen LogP contribution in [0.1, 0.15) is 83.2 Å². The molecule has 0 unspecified atom stereocenters. The Morgan fingerprint density at radius 3 is 0.904 bits per heavy atom. The fraction of sp³-hybridized carbons (Fsp3) is 0.500. The molecule has 574 valence electrons. The zero-order valence-electron chi connectivity index (χ0n) is 63.4. The highest BCUT2D eigenvalue weighted by Crippen LogP contribution is 2.32. The number of rotatable bonds is 29. The topological polar surface area (TPSA) is 246 Å². The molecule has 0 aromatic heterocycles. The third kappa shape index (κ3) is 25.1. The molecule has 6 aromatic carbocycles. The average Bonchev–Trinajstić information content (AvgIpc) is 0.795. The summed E-state index contributed by atoms with van der Waals surface area (Å²) < 4.78 is 101. The van der Waals surface area contributed by atoms with E-state index < -0.39 is 30.1 Å². The van der Waals surface area contributed by atoms with Gasteiger partial charge in [0.05, 0.1) is 36.0 Å². The Labute approximate surface area is 621 Å². The molecule has 0 radical (unpaired) electrons. The van der Waals surface area contributed by atoms with Crippen molar-refractivity contribution in [2.45, 2.75) is 109 Å². The maximum Gasteiger partial charge on any atom is 0.293 e. The molecule has 0 aliphatic carbocycles. The molecule has 104 heavy (non-hydrogen) atoms. The Kier molecular flexibility index (Phi) is 34.7. The molecule has 2 N–H and O–H groups in total. The summed E-state index contributed by atoms with van der Waals surface area (Å²) in [6.45, 7) is 24.8. The highest BCUT2D eigenvalue weighted by Gasteiger charge is 2.29. The molecular formula is C78H116N10O13S3. The standard InChI is InChI=1S/2C26H37N3O4S.C13H19NO5S.C12H19N3.CH4/c2*1-20-18-25(33-5)19-21(2)26(20)34(31,32)28(4)13-12-24(30)11-8-22-6-9-23(10-7-22)29-16-14-27(3)15-17-29;1-10-7-12(18-4)8-11(2)13(10)20(16,17)14(3)5-6-19-9-15;1-14-6-8-15(9-7-14)12-4-2-11(10-13)3-5-12;/h2*6-7,9-10,18-19H,8,11-17H2,1-5H3;7-9H,5-6H2,1-4H3;2-5H,6-10,13H2,1H3;1H4. The van der Waals surface area contributed by atoms with Crippen molar-refractivity contribution in [2.75, 3.05) is 183 Å². The molecular weight excluding hydrogens is 1380 g/mol. The SMILES string of the molecule is C.CN1CCN(c2ccc(CN)cc2)CC1.COc1cc(C)c(S(=O)(=O)N(C)CCC(=O)CCc2ccc(N3CCN(C)CC3)cc2)c(C)c1.COc1cc(C)c(S(=O)(=O)N(C)CCC(=O)CCc2ccc(N3CCN(C)CC3)cc2)c(C)c1.COc1cc(C)c(S(=O)(=O)N(C)CCOC=O)c(C)c1. The van der Waals surface area contributed by atoms with Crippen LogP contribution < -0.4 is 34.6 Å². The second-order valence-electron chi connectivity index (χ2n) is 26.9. The number of hydrogen-bond donors (Lipinski definition) is 1. The monoisotopic (exact) mass is 1500 g/mol. The maximum atomic E-state index is 13.1. The van der Waals surface area contributed by atoms with E-state index in [1.807, 2.05) is 0 Å². The van der Waals surface area contributed by atoms with Gasteiger partial charge in [0, 0.05) is 169 Å². The number of piperazine rings is 3. The summed E-state index contributed by atoms with van der Waals surface area (Å²) in [5, 5.41) is 0. The van der Waals surface area contributed by atoms with Crippen molar-refractivity contribution in [3.63, 3.8) is 0 Å². The number of ketones is 2. The van der Waals surface area contributed by atoms with Gasteiger partial charge in [0.2, 0.25) is 30.1 Å². The largest absolute Gasteiger partial charge is 0.497 e. The van der Waals surface area contributed by atoms with E-state index in [-0.39, 0.29) is 72.8 Å². The lowest BCUT2D eigenvalue weighted by molar-refractivity contribution is -0.128. The first-order valence-electron chi connectivity index (χ1n) is 35.1. The van der Waals surface area contributed by atoms with Crippen molar-refractivity contribution in [3.05, 3.63) is 159 Å². The summed E-state index contributed by atoms with van der Waals surface area (Å²) in [7, 11) is 4.62. The highest BCUT2D eigenvalue weighted by atomic mass is 32.2. The molecule has 0 saturated carbocycles. The maximum absolute atomic E-state index is 13.1. The number of benzene rings is 6. The zero-order valence-corrected chi connectivity index (χ0v) is 65.8. The van der Waals surface area contributed by atoms with Crippen LogP contribution >= 0.6 is 0 Å². The number of aryl methyl sites for hydroxylation is 8. The van der Waals surface area contributed by atoms with E-state index in [0.717, 1.165) is 94.0 Å². The van der Waals surface area contributed by atoms with Crippen LogP contribution in [0.15, 0.2) is 124 Å². The number of carbonyl (C=O) groups is 3. The fourth-order valence-electron chi connectivity index (χ4n) is 12.5. The van der Waals surface area contributed by atoms with Crippen molar-refractivity contribution in [3.8, 4) is 17.2 Å². The van der Waals surface area contributed by atoms with Crippen molar-refractivity contribution >= 4 is 65.2 Å². The third-order valence-electron chi connectivity index (χ3n) is 19.1. The van der Waals surface area contributed by atoms with Crippen LogP contribution in [-0.4, -0.2) is 239 Å². The molecule has 3 fully saturated rings. The van der Waals surface area contributed by atoms with Crippen molar-refractivity contribution in [2.24, 2.45) is 5.73 Å². The van der Waals surface area contributed by atoms with Crippen LogP contribution in [0.2, 0.25) is 0 Å². The fourth-order valence-corrected chi connectivity index (χ4v) is 17.2. The average molecular weight is 1500 g/mol. The van der Waals surface area contributed by atoms with Crippen molar-refractivity contribution in [1.29, 1.82) is 0 Å². The number of nitrogens with two attached hydrogens (primary N) is 1. The minimum Gasteiger partial charge on any atom is -0.497 e. The third-order valence-corrected chi connectivity index (χ3v) is 25.5. The molecule has 3 aliphatic rings. The van der Waals surface area contributed by atoms with E-state index in [4.69, 9.17) is 19.9 Å².